The van der Waals surface area contributed by atoms with Gasteiger partial charge in [0.05, 0.1) is 0 Å². The van der Waals surface area contributed by atoms with Gasteiger partial charge in [-0.2, -0.15) is 0 Å². The third kappa shape index (κ3) is 1.91. The first-order valence-corrected chi connectivity index (χ1v) is 7.67. The predicted molar refractivity (Wildman–Crippen MR) is 91.2 cm³/mol. The molecule has 0 fully saturated rings. The number of fused-ring (bicyclic) bond motifs is 2. The van der Waals surface area contributed by atoms with Crippen molar-refractivity contribution in [2.45, 2.75) is 19.8 Å². The molecule has 0 heterocycles. The molecule has 0 amide bonds. The van der Waals surface area contributed by atoms with Gasteiger partial charge in [-0.1, -0.05) is 73.7 Å². The zero-order valence-corrected chi connectivity index (χ0v) is 12.3. The van der Waals surface area contributed by atoms with E-state index in [9.17, 15) is 0 Å². The first kappa shape index (κ1) is 12.4. The highest BCUT2D eigenvalue weighted by molar-refractivity contribution is 6.04. The maximum absolute atomic E-state index is 2.28. The third-order valence-electron chi connectivity index (χ3n) is 4.54. The number of rotatable bonds is 2. The summed E-state index contributed by atoms with van der Waals surface area (Å²) in [5.74, 6) is 0. The fourth-order valence-corrected chi connectivity index (χ4v) is 3.58. The van der Waals surface area contributed by atoms with Gasteiger partial charge >= 0.3 is 0 Å². The summed E-state index contributed by atoms with van der Waals surface area (Å²) in [6.07, 6.45) is 2.16. The molecule has 4 rings (SSSR count). The van der Waals surface area contributed by atoms with Crippen LogP contribution in [0.15, 0.2) is 66.7 Å². The first-order valence-electron chi connectivity index (χ1n) is 7.67. The Morgan fingerprint density at radius 3 is 2.38 bits per heavy atom. The lowest BCUT2D eigenvalue weighted by atomic mass is 9.94. The molecule has 0 spiro atoms. The molecule has 102 valence electrons. The molecular weight excluding hydrogens is 252 g/mol. The summed E-state index contributed by atoms with van der Waals surface area (Å²) in [5.41, 5.74) is 7.35. The molecule has 0 N–H and O–H groups in total. The molecule has 21 heavy (non-hydrogen) atoms. The van der Waals surface area contributed by atoms with Crippen molar-refractivity contribution < 1.29 is 0 Å². The largest absolute Gasteiger partial charge is 0.0619 e. The molecule has 0 aromatic heterocycles. The van der Waals surface area contributed by atoms with Crippen LogP contribution in [0.5, 0.6) is 0 Å². The van der Waals surface area contributed by atoms with E-state index in [1.807, 2.05) is 0 Å². The van der Waals surface area contributed by atoms with E-state index in [0.717, 1.165) is 12.8 Å². The molecule has 3 aromatic rings. The number of benzene rings is 3. The first-order chi connectivity index (χ1) is 10.4. The van der Waals surface area contributed by atoms with E-state index in [1.165, 1.54) is 38.6 Å². The average molecular weight is 270 g/mol. The Morgan fingerprint density at radius 2 is 1.48 bits per heavy atom. The van der Waals surface area contributed by atoms with Crippen molar-refractivity contribution in [3.63, 3.8) is 0 Å². The van der Waals surface area contributed by atoms with Crippen molar-refractivity contribution in [3.8, 4) is 0 Å². The normalized spacial score (nSPS) is 13.8. The van der Waals surface area contributed by atoms with E-state index in [1.54, 1.807) is 0 Å². The minimum absolute atomic E-state index is 1.06. The van der Waals surface area contributed by atoms with Crippen LogP contribution in [0.3, 0.4) is 0 Å². The van der Waals surface area contributed by atoms with Gasteiger partial charge in [0.1, 0.15) is 0 Å². The van der Waals surface area contributed by atoms with Crippen molar-refractivity contribution in [2.75, 3.05) is 0 Å². The second kappa shape index (κ2) is 4.89. The Kier molecular flexibility index (Phi) is 2.89. The quantitative estimate of drug-likeness (QED) is 0.559. The van der Waals surface area contributed by atoms with Gasteiger partial charge < -0.3 is 0 Å². The van der Waals surface area contributed by atoms with Crippen LogP contribution < -0.4 is 0 Å². The second-order valence-electron chi connectivity index (χ2n) is 5.67. The zero-order chi connectivity index (χ0) is 14.2. The average Bonchev–Trinajstić information content (AvgIpc) is 2.92. The van der Waals surface area contributed by atoms with Gasteiger partial charge in [-0.25, -0.2) is 0 Å². The summed E-state index contributed by atoms with van der Waals surface area (Å²) in [4.78, 5) is 0. The van der Waals surface area contributed by atoms with E-state index in [2.05, 4.69) is 73.7 Å². The Bertz CT molecular complexity index is 847. The van der Waals surface area contributed by atoms with E-state index >= 15 is 0 Å². The van der Waals surface area contributed by atoms with Gasteiger partial charge in [-0.05, 0) is 51.5 Å². The van der Waals surface area contributed by atoms with Crippen LogP contribution in [-0.4, -0.2) is 0 Å². The van der Waals surface area contributed by atoms with Crippen LogP contribution in [0.1, 0.15) is 30.0 Å². The summed E-state index contributed by atoms with van der Waals surface area (Å²) in [6, 6.07) is 24.2. The van der Waals surface area contributed by atoms with E-state index in [-0.39, 0.29) is 0 Å². The summed E-state index contributed by atoms with van der Waals surface area (Å²) in [6.45, 7) is 2.27. The zero-order valence-electron chi connectivity index (χ0n) is 12.3. The monoisotopic (exact) mass is 270 g/mol. The Hall–Kier alpha value is -2.34. The molecule has 0 nitrogen and oxygen atoms in total. The molecule has 0 aliphatic heterocycles. The minimum Gasteiger partial charge on any atom is -0.0619 e. The fourth-order valence-electron chi connectivity index (χ4n) is 3.58. The van der Waals surface area contributed by atoms with E-state index in [0.29, 0.717) is 0 Å². The number of hydrogen-bond acceptors (Lipinski definition) is 0. The maximum atomic E-state index is 2.28. The van der Waals surface area contributed by atoms with Crippen molar-refractivity contribution >= 4 is 21.9 Å². The molecule has 0 bridgehead atoms. The minimum atomic E-state index is 1.06. The third-order valence-corrected chi connectivity index (χ3v) is 4.54. The molecule has 0 saturated heterocycles. The fraction of sp³-hybridized carbons (Fsp3) is 0.143. The van der Waals surface area contributed by atoms with Gasteiger partial charge in [0.2, 0.25) is 0 Å². The number of allylic oxidation sites excluding steroid dienone is 2. The van der Waals surface area contributed by atoms with Crippen molar-refractivity contribution in [3.05, 3.63) is 83.4 Å². The van der Waals surface area contributed by atoms with Crippen LogP contribution >= 0.6 is 0 Å². The van der Waals surface area contributed by atoms with Gasteiger partial charge in [-0.15, -0.1) is 0 Å². The molecule has 1 aliphatic carbocycles. The van der Waals surface area contributed by atoms with E-state index < -0.39 is 0 Å². The maximum Gasteiger partial charge on any atom is -0.00106 e. The van der Waals surface area contributed by atoms with Crippen molar-refractivity contribution in [1.82, 2.24) is 0 Å². The van der Waals surface area contributed by atoms with Crippen LogP contribution in [-0.2, 0) is 6.42 Å². The molecule has 0 radical (unpaired) electrons. The molecule has 0 unspecified atom stereocenters. The Balaban J connectivity index is 1.98. The second-order valence-corrected chi connectivity index (χ2v) is 5.67. The van der Waals surface area contributed by atoms with Crippen LogP contribution in [0, 0.1) is 0 Å². The van der Waals surface area contributed by atoms with E-state index in [4.69, 9.17) is 0 Å². The lowest BCUT2D eigenvalue weighted by Crippen LogP contribution is -1.88. The molecule has 3 aromatic carbocycles. The predicted octanol–water partition coefficient (Wildman–Crippen LogP) is 5.72. The van der Waals surface area contributed by atoms with Gasteiger partial charge in [-0.3, -0.25) is 0 Å². The molecule has 0 atom stereocenters. The lowest BCUT2D eigenvalue weighted by molar-refractivity contribution is 1.25. The highest BCUT2D eigenvalue weighted by Gasteiger charge is 2.21. The Morgan fingerprint density at radius 1 is 0.762 bits per heavy atom. The lowest BCUT2D eigenvalue weighted by Gasteiger charge is -2.10. The Labute approximate surface area is 125 Å². The summed E-state index contributed by atoms with van der Waals surface area (Å²) < 4.78 is 0. The molecule has 1 aliphatic rings. The van der Waals surface area contributed by atoms with Crippen molar-refractivity contribution in [2.24, 2.45) is 0 Å². The van der Waals surface area contributed by atoms with Gasteiger partial charge in [0.15, 0.2) is 0 Å². The molecular formula is C21H18. The van der Waals surface area contributed by atoms with Crippen LogP contribution in [0.2, 0.25) is 0 Å². The molecule has 0 saturated carbocycles. The summed E-state index contributed by atoms with van der Waals surface area (Å²) >= 11 is 0. The molecule has 0 heteroatoms. The van der Waals surface area contributed by atoms with Crippen LogP contribution in [0.25, 0.3) is 21.9 Å². The number of hydrogen-bond donors (Lipinski definition) is 0. The SMILES string of the molecule is CCC1=C(c2cccc3ccccc23)Cc2ccccc21. The van der Waals surface area contributed by atoms with Crippen molar-refractivity contribution in [1.29, 1.82) is 0 Å². The van der Waals surface area contributed by atoms with Gasteiger partial charge in [0, 0.05) is 0 Å². The smallest absolute Gasteiger partial charge is 0.00106 e. The highest BCUT2D eigenvalue weighted by atomic mass is 14.3. The standard InChI is InChI=1S/C21H18/c1-2-17-19-12-6-4-9-16(19)14-21(17)20-13-7-10-15-8-3-5-11-18(15)20/h3-13H,2,14H2,1H3. The highest BCUT2D eigenvalue weighted by Crippen LogP contribution is 2.41. The topological polar surface area (TPSA) is 0 Å². The van der Waals surface area contributed by atoms with Gasteiger partial charge in [0.25, 0.3) is 0 Å². The summed E-state index contributed by atoms with van der Waals surface area (Å²) in [5, 5.41) is 2.70. The van der Waals surface area contributed by atoms with Crippen LogP contribution in [0.4, 0.5) is 0 Å². The summed E-state index contributed by atoms with van der Waals surface area (Å²) in [7, 11) is 0.